The van der Waals surface area contributed by atoms with E-state index in [4.69, 9.17) is 0 Å². The first-order chi connectivity index (χ1) is 10.8. The molecule has 0 heteroatoms. The van der Waals surface area contributed by atoms with Crippen molar-refractivity contribution in [3.8, 4) is 22.3 Å². The van der Waals surface area contributed by atoms with Gasteiger partial charge in [-0.05, 0) is 68.8 Å². The van der Waals surface area contributed by atoms with Gasteiger partial charge in [-0.1, -0.05) is 60.7 Å². The van der Waals surface area contributed by atoms with Crippen molar-refractivity contribution >= 4 is 21.5 Å². The van der Waals surface area contributed by atoms with Crippen LogP contribution in [-0.2, 0) is 0 Å². The Morgan fingerprint density at radius 1 is 0.636 bits per heavy atom. The number of benzene rings is 4. The number of fused-ring (bicyclic) bond motifs is 5. The summed E-state index contributed by atoms with van der Waals surface area (Å²) in [5.41, 5.74) is 8.42. The molecule has 0 aromatic heterocycles. The topological polar surface area (TPSA) is 0 Å². The van der Waals surface area contributed by atoms with Crippen LogP contribution in [-0.4, -0.2) is 0 Å². The molecular formula is C22H16. The molecule has 0 amide bonds. The molecule has 5 rings (SSSR count). The molecule has 4 aromatic carbocycles. The Bertz CT molecular complexity index is 1080. The lowest BCUT2D eigenvalue weighted by Gasteiger charge is -2.12. The van der Waals surface area contributed by atoms with Gasteiger partial charge in [-0.15, -0.1) is 0 Å². The van der Waals surface area contributed by atoms with Crippen molar-refractivity contribution < 1.29 is 0 Å². The predicted molar refractivity (Wildman–Crippen MR) is 95.4 cm³/mol. The minimum atomic E-state index is 1.32. The van der Waals surface area contributed by atoms with E-state index in [0.717, 1.165) is 0 Å². The van der Waals surface area contributed by atoms with E-state index < -0.39 is 0 Å². The van der Waals surface area contributed by atoms with Gasteiger partial charge in [0.15, 0.2) is 0 Å². The van der Waals surface area contributed by atoms with Crippen molar-refractivity contribution in [1.82, 2.24) is 0 Å². The Labute approximate surface area is 130 Å². The lowest BCUT2D eigenvalue weighted by atomic mass is 9.92. The van der Waals surface area contributed by atoms with Gasteiger partial charge in [0.05, 0.1) is 0 Å². The van der Waals surface area contributed by atoms with Gasteiger partial charge in [-0.25, -0.2) is 0 Å². The van der Waals surface area contributed by atoms with Gasteiger partial charge >= 0.3 is 0 Å². The lowest BCUT2D eigenvalue weighted by molar-refractivity contribution is 1.37. The first-order valence-corrected chi connectivity index (χ1v) is 7.81. The zero-order chi connectivity index (χ0) is 14.8. The molecule has 104 valence electrons. The van der Waals surface area contributed by atoms with Crippen LogP contribution in [0.5, 0.6) is 0 Å². The van der Waals surface area contributed by atoms with Crippen molar-refractivity contribution in [2.45, 2.75) is 13.8 Å². The van der Waals surface area contributed by atoms with Crippen LogP contribution in [0.15, 0.2) is 60.7 Å². The van der Waals surface area contributed by atoms with Crippen molar-refractivity contribution in [3.63, 3.8) is 0 Å². The second-order valence-electron chi connectivity index (χ2n) is 6.31. The zero-order valence-electron chi connectivity index (χ0n) is 12.8. The number of rotatable bonds is 0. The molecule has 0 nitrogen and oxygen atoms in total. The van der Waals surface area contributed by atoms with Crippen molar-refractivity contribution in [2.24, 2.45) is 0 Å². The summed E-state index contributed by atoms with van der Waals surface area (Å²) in [4.78, 5) is 0. The molecule has 0 saturated carbocycles. The quantitative estimate of drug-likeness (QED) is 0.314. The highest BCUT2D eigenvalue weighted by Crippen LogP contribution is 2.51. The maximum atomic E-state index is 2.33. The Morgan fingerprint density at radius 3 is 2.36 bits per heavy atom. The largest absolute Gasteiger partial charge is 0.0616 e. The smallest absolute Gasteiger partial charge is 0.00174 e. The molecule has 0 spiro atoms. The molecule has 0 heterocycles. The highest BCUT2D eigenvalue weighted by Gasteiger charge is 2.25. The van der Waals surface area contributed by atoms with Gasteiger partial charge in [0.1, 0.15) is 0 Å². The van der Waals surface area contributed by atoms with Gasteiger partial charge in [-0.3, -0.25) is 0 Å². The highest BCUT2D eigenvalue weighted by atomic mass is 14.3. The summed E-state index contributed by atoms with van der Waals surface area (Å²) in [7, 11) is 0. The van der Waals surface area contributed by atoms with E-state index in [-0.39, 0.29) is 0 Å². The third kappa shape index (κ3) is 1.33. The summed E-state index contributed by atoms with van der Waals surface area (Å²) in [6, 6.07) is 22.3. The molecule has 0 unspecified atom stereocenters. The Balaban J connectivity index is 2.11. The molecule has 0 fully saturated rings. The highest BCUT2D eigenvalue weighted by molar-refractivity contribution is 6.22. The summed E-state index contributed by atoms with van der Waals surface area (Å²) >= 11 is 0. The zero-order valence-corrected chi connectivity index (χ0v) is 12.8. The van der Waals surface area contributed by atoms with Crippen molar-refractivity contribution in [2.75, 3.05) is 0 Å². The van der Waals surface area contributed by atoms with Crippen LogP contribution in [0.2, 0.25) is 0 Å². The Hall–Kier alpha value is -2.60. The average molecular weight is 280 g/mol. The lowest BCUT2D eigenvalue weighted by Crippen LogP contribution is -1.88. The normalized spacial score (nSPS) is 12.1. The average Bonchev–Trinajstić information content (AvgIpc) is 2.89. The summed E-state index contributed by atoms with van der Waals surface area (Å²) in [6.07, 6.45) is 0. The molecule has 0 aliphatic heterocycles. The fourth-order valence-corrected chi connectivity index (χ4v) is 4.00. The van der Waals surface area contributed by atoms with E-state index in [1.165, 1.54) is 54.9 Å². The minimum Gasteiger partial charge on any atom is -0.0616 e. The van der Waals surface area contributed by atoms with Crippen LogP contribution >= 0.6 is 0 Å². The van der Waals surface area contributed by atoms with E-state index in [0.29, 0.717) is 0 Å². The molecule has 0 bridgehead atoms. The van der Waals surface area contributed by atoms with E-state index in [1.807, 2.05) is 0 Å². The number of hydrogen-bond acceptors (Lipinski definition) is 0. The van der Waals surface area contributed by atoms with Gasteiger partial charge in [-0.2, -0.15) is 0 Å². The Kier molecular flexibility index (Phi) is 2.17. The molecule has 0 N–H and O–H groups in total. The van der Waals surface area contributed by atoms with Crippen LogP contribution < -0.4 is 0 Å². The minimum absolute atomic E-state index is 1.32. The molecule has 1 aliphatic rings. The molecular weight excluding hydrogens is 264 g/mol. The van der Waals surface area contributed by atoms with E-state index in [2.05, 4.69) is 74.5 Å². The standard InChI is InChI=1S/C22H16/c1-13-12-16-7-5-9-18-19-11-10-15-6-3-4-8-17(15)22(19)20(14(13)2)21(16)18/h3-12H,1-2H3. The van der Waals surface area contributed by atoms with Gasteiger partial charge < -0.3 is 0 Å². The summed E-state index contributed by atoms with van der Waals surface area (Å²) < 4.78 is 0. The van der Waals surface area contributed by atoms with Gasteiger partial charge in [0.2, 0.25) is 0 Å². The van der Waals surface area contributed by atoms with Crippen molar-refractivity contribution in [1.29, 1.82) is 0 Å². The number of aryl methyl sites for hydroxylation is 1. The summed E-state index contributed by atoms with van der Waals surface area (Å²) in [5.74, 6) is 0. The first-order valence-electron chi connectivity index (χ1n) is 7.81. The first kappa shape index (κ1) is 12.0. The van der Waals surface area contributed by atoms with E-state index >= 15 is 0 Å². The van der Waals surface area contributed by atoms with E-state index in [9.17, 15) is 0 Å². The van der Waals surface area contributed by atoms with Crippen LogP contribution in [0.25, 0.3) is 43.8 Å². The number of hydrogen-bond donors (Lipinski definition) is 0. The second-order valence-corrected chi connectivity index (χ2v) is 6.31. The molecule has 0 atom stereocenters. The fourth-order valence-electron chi connectivity index (χ4n) is 4.00. The third-order valence-electron chi connectivity index (χ3n) is 5.15. The van der Waals surface area contributed by atoms with Gasteiger partial charge in [0, 0.05) is 0 Å². The third-order valence-corrected chi connectivity index (χ3v) is 5.15. The van der Waals surface area contributed by atoms with Crippen molar-refractivity contribution in [3.05, 3.63) is 71.8 Å². The summed E-state index contributed by atoms with van der Waals surface area (Å²) in [5, 5.41) is 5.47. The van der Waals surface area contributed by atoms with E-state index in [1.54, 1.807) is 0 Å². The predicted octanol–water partition coefficient (Wildman–Crippen LogP) is 6.26. The monoisotopic (exact) mass is 280 g/mol. The van der Waals surface area contributed by atoms with Gasteiger partial charge in [0.25, 0.3) is 0 Å². The fraction of sp³-hybridized carbons (Fsp3) is 0.0909. The molecule has 0 radical (unpaired) electrons. The second kappa shape index (κ2) is 3.98. The molecule has 22 heavy (non-hydrogen) atoms. The molecule has 0 saturated heterocycles. The van der Waals surface area contributed by atoms with Crippen LogP contribution in [0.1, 0.15) is 11.1 Å². The molecule has 1 aliphatic carbocycles. The maximum absolute atomic E-state index is 2.33. The van der Waals surface area contributed by atoms with Crippen LogP contribution in [0, 0.1) is 13.8 Å². The van der Waals surface area contributed by atoms with Crippen LogP contribution in [0.4, 0.5) is 0 Å². The summed E-state index contributed by atoms with van der Waals surface area (Å²) in [6.45, 7) is 4.48. The van der Waals surface area contributed by atoms with Crippen LogP contribution in [0.3, 0.4) is 0 Å². The molecule has 4 aromatic rings. The SMILES string of the molecule is Cc1cc2cccc3c2c(c1C)-c1c-3ccc2ccccc12. The Morgan fingerprint density at radius 2 is 1.45 bits per heavy atom. The maximum Gasteiger partial charge on any atom is -0.00174 e.